The summed E-state index contributed by atoms with van der Waals surface area (Å²) in [6, 6.07) is 13.9. The van der Waals surface area contributed by atoms with Crippen molar-refractivity contribution in [3.8, 4) is 0 Å². The van der Waals surface area contributed by atoms with E-state index in [1.54, 1.807) is 24.3 Å². The molecule has 0 atom stereocenters. The molecule has 0 saturated carbocycles. The Hall–Kier alpha value is -3.88. The number of rotatable bonds is 8. The molecule has 0 aliphatic carbocycles. The van der Waals surface area contributed by atoms with Crippen LogP contribution >= 0.6 is 0 Å². The fourth-order valence-corrected chi connectivity index (χ4v) is 2.30. The van der Waals surface area contributed by atoms with Crippen LogP contribution in [0, 0.1) is 0 Å². The van der Waals surface area contributed by atoms with Crippen LogP contribution in [-0.4, -0.2) is 37.1 Å². The molecule has 158 valence electrons. The number of imide groups is 1. The van der Waals surface area contributed by atoms with Gasteiger partial charge < -0.3 is 20.7 Å². The first kappa shape index (κ1) is 22.4. The molecule has 0 saturated heterocycles. The number of hydrogen-bond acceptors (Lipinski definition) is 5. The smallest absolute Gasteiger partial charge is 0.338 e. The molecule has 0 unspecified atom stereocenters. The van der Waals surface area contributed by atoms with E-state index in [1.807, 2.05) is 13.0 Å². The normalized spacial score (nSPS) is 9.90. The fourth-order valence-electron chi connectivity index (χ4n) is 2.30. The van der Waals surface area contributed by atoms with Gasteiger partial charge in [0.25, 0.3) is 5.91 Å². The summed E-state index contributed by atoms with van der Waals surface area (Å²) in [4.78, 5) is 47.1. The molecule has 0 aromatic heterocycles. The van der Waals surface area contributed by atoms with E-state index in [2.05, 4.69) is 21.3 Å². The predicted molar refractivity (Wildman–Crippen MR) is 112 cm³/mol. The summed E-state index contributed by atoms with van der Waals surface area (Å²) in [6.45, 7) is 1.85. The number of ether oxygens (including phenoxy) is 1. The van der Waals surface area contributed by atoms with Crippen molar-refractivity contribution >= 4 is 35.3 Å². The van der Waals surface area contributed by atoms with Crippen LogP contribution in [0.25, 0.3) is 0 Å². The second-order valence-corrected chi connectivity index (χ2v) is 6.26. The van der Waals surface area contributed by atoms with Crippen molar-refractivity contribution < 1.29 is 23.9 Å². The topological polar surface area (TPSA) is 126 Å². The van der Waals surface area contributed by atoms with Crippen molar-refractivity contribution in [3.05, 3.63) is 60.2 Å². The highest BCUT2D eigenvalue weighted by Crippen LogP contribution is 2.12. The van der Waals surface area contributed by atoms with Gasteiger partial charge in [-0.3, -0.25) is 10.1 Å². The maximum atomic E-state index is 12.0. The molecule has 0 spiro atoms. The summed E-state index contributed by atoms with van der Waals surface area (Å²) in [6.07, 6.45) is 1.72. The van der Waals surface area contributed by atoms with Gasteiger partial charge in [-0.15, -0.1) is 0 Å². The van der Waals surface area contributed by atoms with Crippen molar-refractivity contribution in [2.24, 2.45) is 0 Å². The third kappa shape index (κ3) is 8.01. The van der Waals surface area contributed by atoms with E-state index in [9.17, 15) is 19.2 Å². The van der Waals surface area contributed by atoms with Crippen molar-refractivity contribution in [1.29, 1.82) is 0 Å². The lowest BCUT2D eigenvalue weighted by Crippen LogP contribution is -2.41. The minimum absolute atomic E-state index is 0.198. The highest BCUT2D eigenvalue weighted by molar-refractivity contribution is 6.00. The summed E-state index contributed by atoms with van der Waals surface area (Å²) < 4.78 is 4.89. The Morgan fingerprint density at radius 3 is 2.10 bits per heavy atom. The van der Waals surface area contributed by atoms with Crippen molar-refractivity contribution in [2.45, 2.75) is 19.8 Å². The monoisotopic (exact) mass is 412 g/mol. The van der Waals surface area contributed by atoms with Gasteiger partial charge in [0.2, 0.25) is 0 Å². The van der Waals surface area contributed by atoms with Gasteiger partial charge in [0.05, 0.1) is 5.56 Å². The number of carbonyl (C=O) groups is 4. The van der Waals surface area contributed by atoms with E-state index in [4.69, 9.17) is 4.74 Å². The quantitative estimate of drug-likeness (QED) is 0.392. The van der Waals surface area contributed by atoms with Gasteiger partial charge in [0.1, 0.15) is 0 Å². The number of benzene rings is 2. The van der Waals surface area contributed by atoms with Crippen LogP contribution in [0.15, 0.2) is 54.6 Å². The number of unbranched alkanes of at least 4 members (excludes halogenated alkanes) is 1. The largest absolute Gasteiger partial charge is 0.452 e. The van der Waals surface area contributed by atoms with Crippen molar-refractivity contribution in [1.82, 2.24) is 10.6 Å². The number of esters is 1. The molecule has 2 rings (SSSR count). The third-order valence-corrected chi connectivity index (χ3v) is 3.81. The number of hydrogen-bond donors (Lipinski definition) is 4. The zero-order valence-corrected chi connectivity index (χ0v) is 16.6. The Morgan fingerprint density at radius 1 is 0.833 bits per heavy atom. The van der Waals surface area contributed by atoms with Crippen LogP contribution < -0.4 is 21.3 Å². The van der Waals surface area contributed by atoms with Gasteiger partial charge in [-0.05, 0) is 42.8 Å². The molecule has 0 bridgehead atoms. The summed E-state index contributed by atoms with van der Waals surface area (Å²) in [7, 11) is 0. The number of urea groups is 2. The second-order valence-electron chi connectivity index (χ2n) is 6.26. The molecule has 0 fully saturated rings. The van der Waals surface area contributed by atoms with E-state index < -0.39 is 30.5 Å². The molecule has 9 heteroatoms. The first-order valence-corrected chi connectivity index (χ1v) is 9.46. The predicted octanol–water partition coefficient (Wildman–Crippen LogP) is 3.11. The highest BCUT2D eigenvalue weighted by atomic mass is 16.5. The summed E-state index contributed by atoms with van der Waals surface area (Å²) >= 11 is 0. The van der Waals surface area contributed by atoms with Crippen LogP contribution in [0.1, 0.15) is 30.1 Å². The van der Waals surface area contributed by atoms with Gasteiger partial charge in [-0.25, -0.2) is 14.4 Å². The standard InChI is InChI=1S/C21H24N4O5/c1-2-3-13-22-20(28)25-18(26)14-30-19(27)15-9-11-17(12-10-15)24-21(29)23-16-7-5-4-6-8-16/h4-12H,2-3,13-14H2,1H3,(H2,23,24,29)(H2,22,25,26,28). The molecule has 0 radical (unpaired) electrons. The molecule has 2 aromatic rings. The molecule has 9 nitrogen and oxygen atoms in total. The molecular weight excluding hydrogens is 388 g/mol. The van der Waals surface area contributed by atoms with Crippen LogP contribution in [0.2, 0.25) is 0 Å². The first-order valence-electron chi connectivity index (χ1n) is 9.46. The number of anilines is 2. The zero-order valence-electron chi connectivity index (χ0n) is 16.6. The molecule has 0 heterocycles. The average Bonchev–Trinajstić information content (AvgIpc) is 2.73. The van der Waals surface area contributed by atoms with E-state index >= 15 is 0 Å². The van der Waals surface area contributed by atoms with Gasteiger partial charge in [0, 0.05) is 17.9 Å². The maximum Gasteiger partial charge on any atom is 0.338 e. The summed E-state index contributed by atoms with van der Waals surface area (Å²) in [5.41, 5.74) is 1.32. The lowest BCUT2D eigenvalue weighted by atomic mass is 10.2. The molecule has 0 aliphatic heterocycles. The Labute approximate surface area is 174 Å². The van der Waals surface area contributed by atoms with Crippen molar-refractivity contribution in [2.75, 3.05) is 23.8 Å². The van der Waals surface area contributed by atoms with E-state index in [1.165, 1.54) is 24.3 Å². The van der Waals surface area contributed by atoms with Crippen molar-refractivity contribution in [3.63, 3.8) is 0 Å². The lowest BCUT2D eigenvalue weighted by Gasteiger charge is -2.09. The fraction of sp³-hybridized carbons (Fsp3) is 0.238. The van der Waals surface area contributed by atoms with Crippen LogP contribution in [0.3, 0.4) is 0 Å². The third-order valence-electron chi connectivity index (χ3n) is 3.81. The Bertz CT molecular complexity index is 869. The molecule has 30 heavy (non-hydrogen) atoms. The van der Waals surface area contributed by atoms with Gasteiger partial charge in [-0.1, -0.05) is 31.5 Å². The zero-order chi connectivity index (χ0) is 21.8. The summed E-state index contributed by atoms with van der Waals surface area (Å²) in [5, 5.41) is 9.91. The van der Waals surface area contributed by atoms with E-state index in [0.29, 0.717) is 17.9 Å². The Kier molecular flexibility index (Phi) is 8.85. The molecule has 5 amide bonds. The lowest BCUT2D eigenvalue weighted by molar-refractivity contribution is -0.123. The number of amides is 5. The van der Waals surface area contributed by atoms with Crippen LogP contribution in [-0.2, 0) is 9.53 Å². The number of carbonyl (C=O) groups excluding carboxylic acids is 4. The second kappa shape index (κ2) is 11.8. The Morgan fingerprint density at radius 2 is 1.47 bits per heavy atom. The average molecular weight is 412 g/mol. The highest BCUT2D eigenvalue weighted by Gasteiger charge is 2.12. The van der Waals surface area contributed by atoms with E-state index in [-0.39, 0.29) is 5.56 Å². The molecule has 4 N–H and O–H groups in total. The number of para-hydroxylation sites is 1. The maximum absolute atomic E-state index is 12.0. The van der Waals surface area contributed by atoms with Gasteiger partial charge in [-0.2, -0.15) is 0 Å². The summed E-state index contributed by atoms with van der Waals surface area (Å²) in [5.74, 6) is -1.45. The minimum Gasteiger partial charge on any atom is -0.452 e. The van der Waals surface area contributed by atoms with E-state index in [0.717, 1.165) is 12.8 Å². The van der Waals surface area contributed by atoms with Gasteiger partial charge >= 0.3 is 18.0 Å². The number of nitrogens with one attached hydrogen (secondary N) is 4. The minimum atomic E-state index is -0.729. The van der Waals surface area contributed by atoms with Crippen LogP contribution in [0.4, 0.5) is 21.0 Å². The van der Waals surface area contributed by atoms with Crippen LogP contribution in [0.5, 0.6) is 0 Å². The first-order chi connectivity index (χ1) is 14.5. The SMILES string of the molecule is CCCCNC(=O)NC(=O)COC(=O)c1ccc(NC(=O)Nc2ccccc2)cc1. The van der Waals surface area contributed by atoms with Gasteiger partial charge in [0.15, 0.2) is 6.61 Å². The molecule has 2 aromatic carbocycles. The Balaban J connectivity index is 1.75. The molecule has 0 aliphatic rings. The molecular formula is C21H24N4O5.